The number of alkyl halides is 1. The summed E-state index contributed by atoms with van der Waals surface area (Å²) in [4.78, 5) is 14.4. The Morgan fingerprint density at radius 1 is 1.24 bits per heavy atom. The van der Waals surface area contributed by atoms with Gasteiger partial charge in [0.25, 0.3) is 0 Å². The Labute approximate surface area is 109 Å². The Morgan fingerprint density at radius 2 is 1.88 bits per heavy atom. The van der Waals surface area contributed by atoms with Gasteiger partial charge in [-0.1, -0.05) is 13.8 Å². The number of hydrogen-bond acceptors (Lipinski definition) is 2. The molecule has 4 atom stereocenters. The molecule has 1 aliphatic rings. The molecular weight excluding hydrogens is 238 g/mol. The SMILES string of the molecule is CCCN(CCCl)C(=O)C1C(C)OC(C)C1C. The van der Waals surface area contributed by atoms with Crippen LogP contribution in [0.15, 0.2) is 0 Å². The van der Waals surface area contributed by atoms with E-state index >= 15 is 0 Å². The summed E-state index contributed by atoms with van der Waals surface area (Å²) in [5.41, 5.74) is 0. The molecule has 1 aliphatic heterocycles. The van der Waals surface area contributed by atoms with Crippen molar-refractivity contribution in [2.24, 2.45) is 11.8 Å². The van der Waals surface area contributed by atoms with Gasteiger partial charge in [0.15, 0.2) is 0 Å². The summed E-state index contributed by atoms with van der Waals surface area (Å²) >= 11 is 5.76. The number of carbonyl (C=O) groups is 1. The Morgan fingerprint density at radius 3 is 2.29 bits per heavy atom. The monoisotopic (exact) mass is 261 g/mol. The first kappa shape index (κ1) is 14.8. The molecule has 0 radical (unpaired) electrons. The molecule has 1 rings (SSSR count). The van der Waals surface area contributed by atoms with E-state index in [-0.39, 0.29) is 30.0 Å². The largest absolute Gasteiger partial charge is 0.374 e. The lowest BCUT2D eigenvalue weighted by Crippen LogP contribution is -2.42. The fourth-order valence-corrected chi connectivity index (χ4v) is 2.81. The number of halogens is 1. The van der Waals surface area contributed by atoms with Crippen LogP contribution in [0.4, 0.5) is 0 Å². The first-order valence-corrected chi connectivity index (χ1v) is 7.06. The van der Waals surface area contributed by atoms with Crippen molar-refractivity contribution < 1.29 is 9.53 Å². The quantitative estimate of drug-likeness (QED) is 0.712. The van der Waals surface area contributed by atoms with Crippen molar-refractivity contribution in [3.8, 4) is 0 Å². The smallest absolute Gasteiger partial charge is 0.228 e. The molecule has 0 aliphatic carbocycles. The van der Waals surface area contributed by atoms with E-state index in [0.29, 0.717) is 12.4 Å². The molecule has 1 saturated heterocycles. The summed E-state index contributed by atoms with van der Waals surface area (Å²) in [6.45, 7) is 9.64. The first-order chi connectivity index (χ1) is 8.02. The molecule has 4 heteroatoms. The summed E-state index contributed by atoms with van der Waals surface area (Å²) in [6.07, 6.45) is 1.15. The van der Waals surface area contributed by atoms with Gasteiger partial charge in [0, 0.05) is 19.0 Å². The normalized spacial score (nSPS) is 32.8. The first-order valence-electron chi connectivity index (χ1n) is 6.53. The van der Waals surface area contributed by atoms with Gasteiger partial charge in [0.2, 0.25) is 5.91 Å². The second-order valence-corrected chi connectivity index (χ2v) is 5.32. The third-order valence-electron chi connectivity index (χ3n) is 3.69. The molecule has 1 fully saturated rings. The molecule has 0 aromatic rings. The number of hydrogen-bond donors (Lipinski definition) is 0. The summed E-state index contributed by atoms with van der Waals surface area (Å²) < 4.78 is 5.73. The molecule has 0 N–H and O–H groups in total. The zero-order valence-corrected chi connectivity index (χ0v) is 12.0. The van der Waals surface area contributed by atoms with Gasteiger partial charge in [0.1, 0.15) is 0 Å². The lowest BCUT2D eigenvalue weighted by atomic mass is 9.88. The molecule has 0 aromatic carbocycles. The van der Waals surface area contributed by atoms with Crippen LogP contribution < -0.4 is 0 Å². The number of ether oxygens (including phenoxy) is 1. The number of rotatable bonds is 5. The maximum atomic E-state index is 12.5. The van der Waals surface area contributed by atoms with E-state index in [2.05, 4.69) is 13.8 Å². The van der Waals surface area contributed by atoms with Crippen LogP contribution in [0, 0.1) is 11.8 Å². The zero-order chi connectivity index (χ0) is 13.0. The van der Waals surface area contributed by atoms with E-state index in [1.54, 1.807) is 0 Å². The van der Waals surface area contributed by atoms with E-state index in [1.807, 2.05) is 18.7 Å². The van der Waals surface area contributed by atoms with Crippen LogP contribution in [0.2, 0.25) is 0 Å². The molecule has 3 nitrogen and oxygen atoms in total. The summed E-state index contributed by atoms with van der Waals surface area (Å²) in [7, 11) is 0. The van der Waals surface area contributed by atoms with E-state index in [9.17, 15) is 4.79 Å². The van der Waals surface area contributed by atoms with Crippen LogP contribution >= 0.6 is 11.6 Å². The second-order valence-electron chi connectivity index (χ2n) is 4.95. The predicted molar refractivity (Wildman–Crippen MR) is 70.3 cm³/mol. The summed E-state index contributed by atoms with van der Waals surface area (Å²) in [6, 6.07) is 0. The van der Waals surface area contributed by atoms with Crippen LogP contribution in [0.25, 0.3) is 0 Å². The summed E-state index contributed by atoms with van der Waals surface area (Å²) in [5.74, 6) is 0.973. The van der Waals surface area contributed by atoms with Gasteiger partial charge in [0.05, 0.1) is 18.1 Å². The molecular formula is C13H24ClNO2. The van der Waals surface area contributed by atoms with Crippen LogP contribution in [-0.4, -0.2) is 42.0 Å². The predicted octanol–water partition coefficient (Wildman–Crippen LogP) is 2.52. The van der Waals surface area contributed by atoms with Crippen LogP contribution in [-0.2, 0) is 9.53 Å². The minimum atomic E-state index is -0.0141. The molecule has 0 spiro atoms. The van der Waals surface area contributed by atoms with E-state index in [0.717, 1.165) is 13.0 Å². The molecule has 4 unspecified atom stereocenters. The third-order valence-corrected chi connectivity index (χ3v) is 3.86. The Kier molecular flexibility index (Phi) is 5.74. The van der Waals surface area contributed by atoms with Gasteiger partial charge in [-0.15, -0.1) is 11.6 Å². The Bertz CT molecular complexity index is 254. The zero-order valence-electron chi connectivity index (χ0n) is 11.3. The van der Waals surface area contributed by atoms with Crippen molar-refractivity contribution >= 4 is 17.5 Å². The topological polar surface area (TPSA) is 29.5 Å². The minimum absolute atomic E-state index is 0.0141. The highest BCUT2D eigenvalue weighted by Crippen LogP contribution is 2.33. The number of carbonyl (C=O) groups excluding carboxylic acids is 1. The van der Waals surface area contributed by atoms with Gasteiger partial charge in [-0.25, -0.2) is 0 Å². The number of nitrogens with zero attached hydrogens (tertiary/aromatic N) is 1. The van der Waals surface area contributed by atoms with Crippen molar-refractivity contribution in [1.29, 1.82) is 0 Å². The van der Waals surface area contributed by atoms with Gasteiger partial charge in [-0.05, 0) is 26.2 Å². The fourth-order valence-electron chi connectivity index (χ4n) is 2.61. The van der Waals surface area contributed by atoms with Crippen molar-refractivity contribution in [3.05, 3.63) is 0 Å². The van der Waals surface area contributed by atoms with Crippen molar-refractivity contribution in [2.75, 3.05) is 19.0 Å². The van der Waals surface area contributed by atoms with Gasteiger partial charge in [-0.3, -0.25) is 4.79 Å². The Hall–Kier alpha value is -0.280. The molecule has 100 valence electrons. The van der Waals surface area contributed by atoms with E-state index in [1.165, 1.54) is 0 Å². The lowest BCUT2D eigenvalue weighted by molar-refractivity contribution is -0.137. The average Bonchev–Trinajstić information content (AvgIpc) is 2.52. The fraction of sp³-hybridized carbons (Fsp3) is 0.923. The van der Waals surface area contributed by atoms with E-state index in [4.69, 9.17) is 16.3 Å². The van der Waals surface area contributed by atoms with Gasteiger partial charge >= 0.3 is 0 Å². The van der Waals surface area contributed by atoms with Crippen molar-refractivity contribution in [3.63, 3.8) is 0 Å². The molecule has 1 heterocycles. The Balaban J connectivity index is 2.72. The average molecular weight is 262 g/mol. The maximum Gasteiger partial charge on any atom is 0.228 e. The second kappa shape index (κ2) is 6.60. The number of amides is 1. The molecule has 0 bridgehead atoms. The summed E-state index contributed by atoms with van der Waals surface area (Å²) in [5, 5.41) is 0. The third kappa shape index (κ3) is 3.35. The lowest BCUT2D eigenvalue weighted by Gasteiger charge is -2.27. The molecule has 17 heavy (non-hydrogen) atoms. The molecule has 0 saturated carbocycles. The van der Waals surface area contributed by atoms with Gasteiger partial charge in [-0.2, -0.15) is 0 Å². The minimum Gasteiger partial charge on any atom is -0.374 e. The molecule has 0 aromatic heterocycles. The van der Waals surface area contributed by atoms with Crippen molar-refractivity contribution in [1.82, 2.24) is 4.90 Å². The van der Waals surface area contributed by atoms with Crippen molar-refractivity contribution in [2.45, 2.75) is 46.3 Å². The van der Waals surface area contributed by atoms with Crippen LogP contribution in [0.1, 0.15) is 34.1 Å². The maximum absolute atomic E-state index is 12.5. The highest BCUT2D eigenvalue weighted by Gasteiger charge is 2.42. The highest BCUT2D eigenvalue weighted by atomic mass is 35.5. The molecule has 1 amide bonds. The van der Waals surface area contributed by atoms with Gasteiger partial charge < -0.3 is 9.64 Å². The highest BCUT2D eigenvalue weighted by molar-refractivity contribution is 6.18. The standard InChI is InChI=1S/C13H24ClNO2/c1-5-7-15(8-6-14)13(16)12-9(2)10(3)17-11(12)4/h9-12H,5-8H2,1-4H3. The van der Waals surface area contributed by atoms with Crippen LogP contribution in [0.5, 0.6) is 0 Å². The van der Waals surface area contributed by atoms with Crippen LogP contribution in [0.3, 0.4) is 0 Å². The van der Waals surface area contributed by atoms with E-state index < -0.39 is 0 Å².